The van der Waals surface area contributed by atoms with Crippen molar-refractivity contribution >= 4 is 11.8 Å². The van der Waals surface area contributed by atoms with Crippen LogP contribution in [-0.4, -0.2) is 22.5 Å². The Morgan fingerprint density at radius 3 is 2.82 bits per heavy atom. The van der Waals surface area contributed by atoms with Crippen LogP contribution in [0.3, 0.4) is 0 Å². The van der Waals surface area contributed by atoms with E-state index >= 15 is 0 Å². The van der Waals surface area contributed by atoms with Crippen LogP contribution in [0.1, 0.15) is 45.2 Å². The Morgan fingerprint density at radius 2 is 2.24 bits per heavy atom. The van der Waals surface area contributed by atoms with E-state index in [1.54, 1.807) is 0 Å². The van der Waals surface area contributed by atoms with Gasteiger partial charge >= 0.3 is 0 Å². The Kier molecular flexibility index (Phi) is 7.29. The van der Waals surface area contributed by atoms with Crippen LogP contribution < -0.4 is 5.32 Å². The van der Waals surface area contributed by atoms with Gasteiger partial charge in [0.2, 0.25) is 0 Å². The molecule has 0 aliphatic heterocycles. The quantitative estimate of drug-likeness (QED) is 0.764. The van der Waals surface area contributed by atoms with Gasteiger partial charge in [-0.1, -0.05) is 26.8 Å². The number of thioether (sulfide) groups is 1. The van der Waals surface area contributed by atoms with Crippen molar-refractivity contribution in [2.75, 3.05) is 12.3 Å². The molecule has 0 bridgehead atoms. The van der Waals surface area contributed by atoms with Crippen LogP contribution in [0.15, 0.2) is 24.5 Å². The highest BCUT2D eigenvalue weighted by molar-refractivity contribution is 7.99. The zero-order valence-electron chi connectivity index (χ0n) is 11.1. The summed E-state index contributed by atoms with van der Waals surface area (Å²) in [5, 5.41) is 4.34. The van der Waals surface area contributed by atoms with Crippen molar-refractivity contribution in [1.82, 2.24) is 10.3 Å². The molecule has 0 radical (unpaired) electrons. The molecule has 2 unspecified atom stereocenters. The van der Waals surface area contributed by atoms with Crippen LogP contribution in [0.25, 0.3) is 0 Å². The lowest BCUT2D eigenvalue weighted by atomic mass is 10.1. The number of hydrogen-bond donors (Lipinski definition) is 1. The first-order valence-corrected chi connectivity index (χ1v) is 7.57. The number of nitrogens with zero attached hydrogens (tertiary/aromatic N) is 1. The number of aromatic nitrogens is 1. The van der Waals surface area contributed by atoms with Gasteiger partial charge in [-0.3, -0.25) is 4.98 Å². The highest BCUT2D eigenvalue weighted by atomic mass is 32.2. The van der Waals surface area contributed by atoms with E-state index < -0.39 is 0 Å². The Labute approximate surface area is 110 Å². The minimum absolute atomic E-state index is 0.433. The second-order valence-corrected chi connectivity index (χ2v) is 5.82. The molecule has 1 rings (SSSR count). The Morgan fingerprint density at radius 1 is 1.41 bits per heavy atom. The average molecular weight is 252 g/mol. The van der Waals surface area contributed by atoms with Crippen molar-refractivity contribution in [3.63, 3.8) is 0 Å². The first-order valence-electron chi connectivity index (χ1n) is 6.52. The summed E-state index contributed by atoms with van der Waals surface area (Å²) in [7, 11) is 0. The van der Waals surface area contributed by atoms with E-state index in [0.717, 1.165) is 17.5 Å². The van der Waals surface area contributed by atoms with Crippen LogP contribution in [0.4, 0.5) is 0 Å². The Balaban J connectivity index is 2.54. The van der Waals surface area contributed by atoms with Crippen molar-refractivity contribution in [1.29, 1.82) is 0 Å². The van der Waals surface area contributed by atoms with Crippen molar-refractivity contribution in [2.24, 2.45) is 0 Å². The van der Waals surface area contributed by atoms with E-state index in [1.807, 2.05) is 30.2 Å². The molecule has 17 heavy (non-hydrogen) atoms. The summed E-state index contributed by atoms with van der Waals surface area (Å²) >= 11 is 2.04. The fourth-order valence-corrected chi connectivity index (χ4v) is 2.62. The average Bonchev–Trinajstić information content (AvgIpc) is 2.39. The van der Waals surface area contributed by atoms with Gasteiger partial charge in [0.15, 0.2) is 0 Å². The lowest BCUT2D eigenvalue weighted by Gasteiger charge is -2.20. The molecule has 0 amide bonds. The first kappa shape index (κ1) is 14.5. The molecule has 1 N–H and O–H groups in total. The molecule has 2 atom stereocenters. The Bertz CT molecular complexity index is 290. The van der Waals surface area contributed by atoms with Gasteiger partial charge in [-0.2, -0.15) is 11.8 Å². The SMILES string of the molecule is CCCNC(CSC(C)CC)c1cccnc1. The van der Waals surface area contributed by atoms with Crippen LogP contribution in [0.2, 0.25) is 0 Å². The largest absolute Gasteiger partial charge is 0.309 e. The predicted octanol–water partition coefficient (Wildman–Crippen LogP) is 3.65. The molecule has 0 saturated heterocycles. The van der Waals surface area contributed by atoms with E-state index in [-0.39, 0.29) is 0 Å². The Hall–Kier alpha value is -0.540. The monoisotopic (exact) mass is 252 g/mol. The first-order chi connectivity index (χ1) is 8.27. The minimum Gasteiger partial charge on any atom is -0.309 e. The van der Waals surface area contributed by atoms with E-state index in [2.05, 4.69) is 37.1 Å². The lowest BCUT2D eigenvalue weighted by Crippen LogP contribution is -2.24. The summed E-state index contributed by atoms with van der Waals surface area (Å²) in [6.07, 6.45) is 6.22. The zero-order chi connectivity index (χ0) is 12.5. The van der Waals surface area contributed by atoms with Crippen molar-refractivity contribution in [2.45, 2.75) is 44.9 Å². The number of nitrogens with one attached hydrogen (secondary N) is 1. The predicted molar refractivity (Wildman–Crippen MR) is 77.5 cm³/mol. The van der Waals surface area contributed by atoms with Crippen molar-refractivity contribution < 1.29 is 0 Å². The second-order valence-electron chi connectivity index (χ2n) is 4.35. The maximum Gasteiger partial charge on any atom is 0.0427 e. The highest BCUT2D eigenvalue weighted by Crippen LogP contribution is 2.22. The fourth-order valence-electron chi connectivity index (χ4n) is 1.55. The van der Waals surface area contributed by atoms with E-state index in [1.165, 1.54) is 18.4 Å². The summed E-state index contributed by atoms with van der Waals surface area (Å²) in [4.78, 5) is 4.21. The maximum absolute atomic E-state index is 4.21. The normalized spacial score (nSPS) is 14.5. The van der Waals surface area contributed by atoms with Gasteiger partial charge in [-0.15, -0.1) is 0 Å². The summed E-state index contributed by atoms with van der Waals surface area (Å²) in [6.45, 7) is 7.82. The third-order valence-electron chi connectivity index (χ3n) is 2.85. The van der Waals surface area contributed by atoms with Crippen LogP contribution >= 0.6 is 11.8 Å². The van der Waals surface area contributed by atoms with E-state index in [0.29, 0.717) is 6.04 Å². The van der Waals surface area contributed by atoms with Crippen LogP contribution in [0, 0.1) is 0 Å². The molecular formula is C14H24N2S. The van der Waals surface area contributed by atoms with Gasteiger partial charge in [0.05, 0.1) is 0 Å². The summed E-state index contributed by atoms with van der Waals surface area (Å²) < 4.78 is 0. The molecule has 1 aromatic heterocycles. The van der Waals surface area contributed by atoms with Crippen LogP contribution in [0.5, 0.6) is 0 Å². The van der Waals surface area contributed by atoms with Gasteiger partial charge in [0, 0.05) is 29.4 Å². The molecular weight excluding hydrogens is 228 g/mol. The molecule has 2 nitrogen and oxygen atoms in total. The minimum atomic E-state index is 0.433. The molecule has 0 aliphatic carbocycles. The van der Waals surface area contributed by atoms with Gasteiger partial charge < -0.3 is 5.32 Å². The van der Waals surface area contributed by atoms with Gasteiger partial charge in [-0.25, -0.2) is 0 Å². The molecule has 0 aliphatic rings. The van der Waals surface area contributed by atoms with Gasteiger partial charge in [0.25, 0.3) is 0 Å². The standard InChI is InChI=1S/C14H24N2S/c1-4-8-16-14(11-17-12(3)5-2)13-7-6-9-15-10-13/h6-7,9-10,12,14,16H,4-5,8,11H2,1-3H3. The molecule has 96 valence electrons. The molecule has 3 heteroatoms. The lowest BCUT2D eigenvalue weighted by molar-refractivity contribution is 0.575. The summed E-state index contributed by atoms with van der Waals surface area (Å²) in [5.74, 6) is 1.13. The van der Waals surface area contributed by atoms with Crippen molar-refractivity contribution in [3.05, 3.63) is 30.1 Å². The van der Waals surface area contributed by atoms with E-state index in [4.69, 9.17) is 0 Å². The van der Waals surface area contributed by atoms with Crippen molar-refractivity contribution in [3.8, 4) is 0 Å². The maximum atomic E-state index is 4.21. The zero-order valence-corrected chi connectivity index (χ0v) is 12.0. The topological polar surface area (TPSA) is 24.9 Å². The number of pyridine rings is 1. The molecule has 0 fully saturated rings. The second kappa shape index (κ2) is 8.54. The third-order valence-corrected chi connectivity index (χ3v) is 4.28. The number of hydrogen-bond acceptors (Lipinski definition) is 3. The van der Waals surface area contributed by atoms with Gasteiger partial charge in [-0.05, 0) is 31.0 Å². The smallest absolute Gasteiger partial charge is 0.0427 e. The molecule has 1 aromatic rings. The summed E-state index contributed by atoms with van der Waals surface area (Å²) in [6, 6.07) is 4.61. The molecule has 0 aromatic carbocycles. The number of rotatable bonds is 8. The summed E-state index contributed by atoms with van der Waals surface area (Å²) in [5.41, 5.74) is 1.30. The van der Waals surface area contributed by atoms with E-state index in [9.17, 15) is 0 Å². The van der Waals surface area contributed by atoms with Gasteiger partial charge in [0.1, 0.15) is 0 Å². The third kappa shape index (κ3) is 5.55. The molecule has 0 spiro atoms. The molecule has 0 saturated carbocycles. The van der Waals surface area contributed by atoms with Crippen LogP contribution in [-0.2, 0) is 0 Å². The highest BCUT2D eigenvalue weighted by Gasteiger charge is 2.12. The molecule has 1 heterocycles. The fraction of sp³-hybridized carbons (Fsp3) is 0.643.